The Morgan fingerprint density at radius 3 is 2.52 bits per heavy atom. The summed E-state index contributed by atoms with van der Waals surface area (Å²) in [5, 5.41) is 0.227. The number of hydrogen-bond acceptors (Lipinski definition) is 4. The summed E-state index contributed by atoms with van der Waals surface area (Å²) in [4.78, 5) is 17.2. The van der Waals surface area contributed by atoms with Gasteiger partial charge in [0, 0.05) is 17.4 Å². The quantitative estimate of drug-likeness (QED) is 0.568. The lowest BCUT2D eigenvalue weighted by Gasteiger charge is -2.17. The average molecular weight is 369 g/mol. The molecule has 3 aromatic rings. The number of rotatable bonds is 5. The van der Waals surface area contributed by atoms with Crippen LogP contribution in [0, 0.1) is 11.6 Å². The zero-order chi connectivity index (χ0) is 19.0. The van der Waals surface area contributed by atoms with E-state index in [2.05, 4.69) is 4.98 Å². The summed E-state index contributed by atoms with van der Waals surface area (Å²) in [6, 6.07) is 10.9. The van der Waals surface area contributed by atoms with Gasteiger partial charge in [0.25, 0.3) is 0 Å². The number of carbonyl (C=O) groups is 1. The van der Waals surface area contributed by atoms with E-state index in [9.17, 15) is 13.6 Å². The van der Waals surface area contributed by atoms with Crippen LogP contribution in [0.5, 0.6) is 11.5 Å². The van der Waals surface area contributed by atoms with E-state index in [0.29, 0.717) is 11.4 Å². The smallest absolute Gasteiger partial charge is 0.343 e. The Labute approximate surface area is 154 Å². The second kappa shape index (κ2) is 6.95. The van der Waals surface area contributed by atoms with E-state index in [4.69, 9.17) is 9.47 Å². The van der Waals surface area contributed by atoms with Crippen molar-refractivity contribution in [1.29, 1.82) is 0 Å². The van der Waals surface area contributed by atoms with E-state index in [1.54, 1.807) is 31.2 Å². The van der Waals surface area contributed by atoms with Crippen molar-refractivity contribution in [3.63, 3.8) is 0 Å². The molecule has 138 valence electrons. The van der Waals surface area contributed by atoms with Crippen molar-refractivity contribution >= 4 is 16.9 Å². The molecule has 1 saturated carbocycles. The number of pyridine rings is 1. The van der Waals surface area contributed by atoms with Crippen LogP contribution in [-0.4, -0.2) is 17.6 Å². The van der Waals surface area contributed by atoms with Crippen LogP contribution in [0.4, 0.5) is 8.78 Å². The number of carbonyl (C=O) groups excluding carboxylic acids is 1. The van der Waals surface area contributed by atoms with Gasteiger partial charge in [0.05, 0.1) is 17.8 Å². The number of aromatic nitrogens is 1. The van der Waals surface area contributed by atoms with Gasteiger partial charge in [-0.25, -0.2) is 13.6 Å². The third-order valence-electron chi connectivity index (χ3n) is 4.41. The van der Waals surface area contributed by atoms with Crippen molar-refractivity contribution in [2.24, 2.45) is 0 Å². The molecule has 1 aliphatic carbocycles. The van der Waals surface area contributed by atoms with Crippen LogP contribution in [0.2, 0.25) is 0 Å². The summed E-state index contributed by atoms with van der Waals surface area (Å²) >= 11 is 0. The maximum atomic E-state index is 13.9. The molecule has 0 N–H and O–H groups in total. The van der Waals surface area contributed by atoms with E-state index in [1.165, 1.54) is 0 Å². The van der Waals surface area contributed by atoms with Gasteiger partial charge in [-0.2, -0.15) is 0 Å². The maximum absolute atomic E-state index is 13.9. The van der Waals surface area contributed by atoms with Gasteiger partial charge in [-0.05, 0) is 38.0 Å². The predicted molar refractivity (Wildman–Crippen MR) is 96.1 cm³/mol. The molecular formula is C21H17F2NO3. The van der Waals surface area contributed by atoms with Crippen LogP contribution in [0.1, 0.15) is 41.7 Å². The van der Waals surface area contributed by atoms with Crippen molar-refractivity contribution in [2.75, 3.05) is 6.61 Å². The zero-order valence-electron chi connectivity index (χ0n) is 14.7. The van der Waals surface area contributed by atoms with Crippen LogP contribution < -0.4 is 4.74 Å². The Kier molecular flexibility index (Phi) is 4.48. The highest BCUT2D eigenvalue weighted by molar-refractivity contribution is 6.01. The largest absolute Gasteiger partial charge is 0.462 e. The first-order valence-electron chi connectivity index (χ1n) is 8.81. The van der Waals surface area contributed by atoms with E-state index in [1.807, 2.05) is 6.07 Å². The molecule has 1 aliphatic rings. The van der Waals surface area contributed by atoms with Crippen molar-refractivity contribution in [3.8, 4) is 11.5 Å². The first-order valence-corrected chi connectivity index (χ1v) is 8.81. The second-order valence-corrected chi connectivity index (χ2v) is 6.39. The third kappa shape index (κ3) is 3.35. The molecule has 6 heteroatoms. The molecule has 1 heterocycles. The fourth-order valence-electron chi connectivity index (χ4n) is 3.01. The average Bonchev–Trinajstić information content (AvgIpc) is 3.49. The predicted octanol–water partition coefficient (Wildman–Crippen LogP) is 5.36. The Hall–Kier alpha value is -3.02. The summed E-state index contributed by atoms with van der Waals surface area (Å²) in [5.74, 6) is -1.90. The maximum Gasteiger partial charge on any atom is 0.343 e. The molecule has 0 aliphatic heterocycles. The molecule has 2 aromatic carbocycles. The second-order valence-electron chi connectivity index (χ2n) is 6.39. The highest BCUT2D eigenvalue weighted by Gasteiger charge is 2.34. The van der Waals surface area contributed by atoms with Crippen LogP contribution in [0.15, 0.2) is 42.5 Å². The van der Waals surface area contributed by atoms with Gasteiger partial charge in [0.2, 0.25) is 0 Å². The van der Waals surface area contributed by atoms with Gasteiger partial charge in [0.1, 0.15) is 11.3 Å². The van der Waals surface area contributed by atoms with Crippen LogP contribution in [-0.2, 0) is 4.74 Å². The highest BCUT2D eigenvalue weighted by atomic mass is 19.2. The van der Waals surface area contributed by atoms with E-state index in [0.717, 1.165) is 25.0 Å². The summed E-state index contributed by atoms with van der Waals surface area (Å²) in [5.41, 5.74) is 0.939. The normalized spacial score (nSPS) is 13.6. The van der Waals surface area contributed by atoms with Crippen LogP contribution >= 0.6 is 0 Å². The van der Waals surface area contributed by atoms with E-state index < -0.39 is 17.6 Å². The molecule has 0 radical (unpaired) electrons. The molecule has 0 saturated heterocycles. The minimum Gasteiger partial charge on any atom is -0.462 e. The molecule has 0 unspecified atom stereocenters. The molecule has 4 nitrogen and oxygen atoms in total. The lowest BCUT2D eigenvalue weighted by Crippen LogP contribution is -2.12. The standard InChI is InChI=1S/C21H17F2NO3/c1-2-26-21(25)18-19(12-8-9-12)24-17-11-16(23)15(22)10-14(17)20(18)27-13-6-4-3-5-7-13/h3-7,10-12H,2,8-9H2,1H3. The first kappa shape index (κ1) is 17.4. The van der Waals surface area contributed by atoms with Gasteiger partial charge >= 0.3 is 5.97 Å². The van der Waals surface area contributed by atoms with Gasteiger partial charge in [-0.1, -0.05) is 18.2 Å². The summed E-state index contributed by atoms with van der Waals surface area (Å²) in [7, 11) is 0. The third-order valence-corrected chi connectivity index (χ3v) is 4.41. The Bertz CT molecular complexity index is 1020. The Balaban J connectivity index is 2.00. The molecule has 4 rings (SSSR count). The molecular weight excluding hydrogens is 352 g/mol. The molecule has 1 aromatic heterocycles. The minimum atomic E-state index is -1.03. The number of benzene rings is 2. The van der Waals surface area contributed by atoms with Gasteiger partial charge in [0.15, 0.2) is 17.4 Å². The monoisotopic (exact) mass is 369 g/mol. The summed E-state index contributed by atoms with van der Waals surface area (Å²) in [6.07, 6.45) is 1.75. The highest BCUT2D eigenvalue weighted by Crippen LogP contribution is 2.46. The Morgan fingerprint density at radius 1 is 1.15 bits per heavy atom. The summed E-state index contributed by atoms with van der Waals surface area (Å²) < 4.78 is 38.9. The topological polar surface area (TPSA) is 48.4 Å². The fraction of sp³-hybridized carbons (Fsp3) is 0.238. The van der Waals surface area contributed by atoms with Crippen molar-refractivity contribution in [1.82, 2.24) is 4.98 Å². The number of hydrogen-bond donors (Lipinski definition) is 0. The number of para-hydroxylation sites is 1. The SMILES string of the molecule is CCOC(=O)c1c(C2CC2)nc2cc(F)c(F)cc2c1Oc1ccccc1. The van der Waals surface area contributed by atoms with Crippen LogP contribution in [0.25, 0.3) is 10.9 Å². The van der Waals surface area contributed by atoms with Crippen LogP contribution in [0.3, 0.4) is 0 Å². The number of halogens is 2. The Morgan fingerprint density at radius 2 is 1.85 bits per heavy atom. The number of ether oxygens (including phenoxy) is 2. The van der Waals surface area contributed by atoms with E-state index >= 15 is 0 Å². The van der Waals surface area contributed by atoms with Gasteiger partial charge in [-0.3, -0.25) is 4.98 Å². The minimum absolute atomic E-state index is 0.0834. The lowest BCUT2D eigenvalue weighted by molar-refractivity contribution is 0.0522. The summed E-state index contributed by atoms with van der Waals surface area (Å²) in [6.45, 7) is 1.89. The molecule has 0 spiro atoms. The number of esters is 1. The van der Waals surface area contributed by atoms with E-state index in [-0.39, 0.29) is 34.7 Å². The van der Waals surface area contributed by atoms with Gasteiger partial charge < -0.3 is 9.47 Å². The van der Waals surface area contributed by atoms with Crippen molar-refractivity contribution in [2.45, 2.75) is 25.7 Å². The number of nitrogens with zero attached hydrogens (tertiary/aromatic N) is 1. The molecule has 0 bridgehead atoms. The molecule has 27 heavy (non-hydrogen) atoms. The lowest BCUT2D eigenvalue weighted by atomic mass is 10.0. The van der Waals surface area contributed by atoms with Crippen molar-refractivity contribution in [3.05, 3.63) is 65.4 Å². The molecule has 1 fully saturated rings. The van der Waals surface area contributed by atoms with Crippen molar-refractivity contribution < 1.29 is 23.0 Å². The van der Waals surface area contributed by atoms with Gasteiger partial charge in [-0.15, -0.1) is 0 Å². The number of fused-ring (bicyclic) bond motifs is 1. The first-order chi connectivity index (χ1) is 13.1. The fourth-order valence-corrected chi connectivity index (χ4v) is 3.01. The zero-order valence-corrected chi connectivity index (χ0v) is 14.7. The molecule has 0 atom stereocenters. The molecule has 0 amide bonds.